The number of anilines is 1. The van der Waals surface area contributed by atoms with Gasteiger partial charge in [0.05, 0.1) is 11.3 Å². The molecule has 0 aliphatic heterocycles. The number of fused-ring (bicyclic) bond motifs is 1. The third kappa shape index (κ3) is 3.81. The third-order valence-electron chi connectivity index (χ3n) is 3.94. The number of nitrogens with one attached hydrogen (secondary N) is 1. The highest BCUT2D eigenvalue weighted by Gasteiger charge is 2.27. The van der Waals surface area contributed by atoms with E-state index in [0.717, 1.165) is 34.9 Å². The summed E-state index contributed by atoms with van der Waals surface area (Å²) in [6.07, 6.45) is 2.86. The Morgan fingerprint density at radius 2 is 2.29 bits per heavy atom. The molecule has 1 unspecified atom stereocenters. The quantitative estimate of drug-likeness (QED) is 0.777. The predicted molar refractivity (Wildman–Crippen MR) is 100 cm³/mol. The fourth-order valence-electron chi connectivity index (χ4n) is 2.79. The van der Waals surface area contributed by atoms with Gasteiger partial charge >= 0.3 is 0 Å². The molecule has 1 aliphatic rings. The zero-order chi connectivity index (χ0) is 17.3. The number of amides is 2. The summed E-state index contributed by atoms with van der Waals surface area (Å²) >= 11 is 4.42. The van der Waals surface area contributed by atoms with Gasteiger partial charge in [0.2, 0.25) is 5.91 Å². The van der Waals surface area contributed by atoms with Crippen LogP contribution in [0.1, 0.15) is 39.8 Å². The molecule has 8 heteroatoms. The minimum absolute atomic E-state index is 0.137. The van der Waals surface area contributed by atoms with Crippen LogP contribution in [0.25, 0.3) is 0 Å². The van der Waals surface area contributed by atoms with Crippen LogP contribution < -0.4 is 11.1 Å². The molecule has 1 atom stereocenters. The smallest absolute Gasteiger partial charge is 0.251 e. The van der Waals surface area contributed by atoms with E-state index in [1.165, 1.54) is 39.3 Å². The molecule has 0 bridgehead atoms. The number of hydrogen-bond acceptors (Lipinski definition) is 6. The van der Waals surface area contributed by atoms with E-state index in [2.05, 4.69) is 17.2 Å². The Labute approximate surface area is 153 Å². The van der Waals surface area contributed by atoms with E-state index < -0.39 is 5.91 Å². The Morgan fingerprint density at radius 3 is 2.96 bits per heavy atom. The van der Waals surface area contributed by atoms with Crippen LogP contribution in [0.3, 0.4) is 0 Å². The molecule has 3 rings (SSSR count). The Bertz CT molecular complexity index is 782. The monoisotopic (exact) mass is 381 g/mol. The molecule has 5 nitrogen and oxygen atoms in total. The van der Waals surface area contributed by atoms with Crippen molar-refractivity contribution in [2.45, 2.75) is 37.4 Å². The first-order valence-corrected chi connectivity index (χ1v) is 10.4. The molecule has 2 aromatic heterocycles. The largest absolute Gasteiger partial charge is 0.365 e. The first-order valence-electron chi connectivity index (χ1n) is 7.73. The Balaban J connectivity index is 1.72. The zero-order valence-electron chi connectivity index (χ0n) is 13.5. The van der Waals surface area contributed by atoms with E-state index in [1.54, 1.807) is 0 Å². The van der Waals surface area contributed by atoms with Crippen molar-refractivity contribution in [2.24, 2.45) is 11.7 Å². The van der Waals surface area contributed by atoms with E-state index in [4.69, 9.17) is 5.73 Å². The molecule has 2 amide bonds. The molecule has 0 aromatic carbocycles. The molecular weight excluding hydrogens is 362 g/mol. The maximum atomic E-state index is 12.2. The van der Waals surface area contributed by atoms with Crippen LogP contribution >= 0.6 is 34.4 Å². The van der Waals surface area contributed by atoms with E-state index >= 15 is 0 Å². The number of aryl methyl sites for hydroxylation is 1. The van der Waals surface area contributed by atoms with E-state index in [1.807, 2.05) is 12.3 Å². The first kappa shape index (κ1) is 17.4. The number of primary amides is 1. The van der Waals surface area contributed by atoms with Crippen LogP contribution in [0.15, 0.2) is 9.72 Å². The molecule has 0 spiro atoms. The van der Waals surface area contributed by atoms with E-state index in [-0.39, 0.29) is 11.7 Å². The lowest BCUT2D eigenvalue weighted by Crippen LogP contribution is -2.20. The number of nitrogens with zero attached hydrogens (tertiary/aromatic N) is 1. The van der Waals surface area contributed by atoms with Crippen molar-refractivity contribution in [1.29, 1.82) is 0 Å². The molecule has 128 valence electrons. The number of thioether (sulfide) groups is 1. The summed E-state index contributed by atoms with van der Waals surface area (Å²) in [5, 5.41) is 5.43. The van der Waals surface area contributed by atoms with Gasteiger partial charge in [-0.05, 0) is 37.7 Å². The van der Waals surface area contributed by atoms with Gasteiger partial charge in [-0.15, -0.1) is 22.7 Å². The van der Waals surface area contributed by atoms with Crippen molar-refractivity contribution in [3.63, 3.8) is 0 Å². The summed E-state index contributed by atoms with van der Waals surface area (Å²) in [7, 11) is 0. The number of carbonyl (C=O) groups is 2. The van der Waals surface area contributed by atoms with Crippen molar-refractivity contribution < 1.29 is 9.59 Å². The molecule has 0 saturated heterocycles. The molecule has 2 heterocycles. The van der Waals surface area contributed by atoms with Gasteiger partial charge in [0.15, 0.2) is 4.34 Å². The minimum atomic E-state index is -0.458. The van der Waals surface area contributed by atoms with Crippen LogP contribution in [0.2, 0.25) is 0 Å². The molecule has 0 fully saturated rings. The minimum Gasteiger partial charge on any atom is -0.365 e. The highest BCUT2D eigenvalue weighted by molar-refractivity contribution is 8.01. The van der Waals surface area contributed by atoms with E-state index in [9.17, 15) is 9.59 Å². The summed E-state index contributed by atoms with van der Waals surface area (Å²) in [6, 6.07) is 0. The summed E-state index contributed by atoms with van der Waals surface area (Å²) < 4.78 is 0.872. The third-order valence-corrected chi connectivity index (χ3v) is 7.24. The molecular formula is C16H19N3O2S3. The standard InChI is InChI=1S/C16H19N3O2S3/c1-8-3-4-10-11(5-8)24-15(13(10)14(17)21)19-12(20)7-23-16-18-9(2)6-22-16/h6,8H,3-5,7H2,1-2H3,(H2,17,21)(H,19,20). The topological polar surface area (TPSA) is 85.1 Å². The van der Waals surface area contributed by atoms with Crippen LogP contribution in [0.5, 0.6) is 0 Å². The first-order chi connectivity index (χ1) is 11.4. The van der Waals surface area contributed by atoms with Crippen molar-refractivity contribution in [2.75, 3.05) is 11.1 Å². The second kappa shape index (κ2) is 7.25. The lowest BCUT2D eigenvalue weighted by atomic mass is 9.88. The fourth-order valence-corrected chi connectivity index (χ4v) is 5.87. The van der Waals surface area contributed by atoms with Gasteiger partial charge in [0.1, 0.15) is 5.00 Å². The molecule has 2 aromatic rings. The van der Waals surface area contributed by atoms with Crippen molar-refractivity contribution in [1.82, 2.24) is 4.98 Å². The normalized spacial score (nSPS) is 16.7. The van der Waals surface area contributed by atoms with E-state index in [0.29, 0.717) is 16.5 Å². The van der Waals surface area contributed by atoms with Gasteiger partial charge in [0.25, 0.3) is 5.91 Å². The van der Waals surface area contributed by atoms with Crippen LogP contribution in [-0.4, -0.2) is 22.6 Å². The van der Waals surface area contributed by atoms with Gasteiger partial charge in [-0.25, -0.2) is 4.98 Å². The van der Waals surface area contributed by atoms with Crippen molar-refractivity contribution in [3.8, 4) is 0 Å². The van der Waals surface area contributed by atoms with Crippen LogP contribution in [0, 0.1) is 12.8 Å². The Hall–Kier alpha value is -1.38. The SMILES string of the molecule is Cc1csc(SCC(=O)Nc2sc3c(c2C(N)=O)CCC(C)C3)n1. The predicted octanol–water partition coefficient (Wildman–Crippen LogP) is 3.47. The maximum absolute atomic E-state index is 12.2. The lowest BCUT2D eigenvalue weighted by molar-refractivity contribution is -0.113. The van der Waals surface area contributed by atoms with Crippen molar-refractivity contribution in [3.05, 3.63) is 27.1 Å². The molecule has 0 saturated carbocycles. The summed E-state index contributed by atoms with van der Waals surface area (Å²) in [5.74, 6) is 0.274. The number of thiophene rings is 1. The zero-order valence-corrected chi connectivity index (χ0v) is 16.0. The van der Waals surface area contributed by atoms with Gasteiger partial charge in [-0.1, -0.05) is 18.7 Å². The fraction of sp³-hybridized carbons (Fsp3) is 0.438. The maximum Gasteiger partial charge on any atom is 0.251 e. The summed E-state index contributed by atoms with van der Waals surface area (Å²) in [6.45, 7) is 4.13. The lowest BCUT2D eigenvalue weighted by Gasteiger charge is -2.18. The van der Waals surface area contributed by atoms with Gasteiger partial charge in [0, 0.05) is 16.0 Å². The summed E-state index contributed by atoms with van der Waals surface area (Å²) in [4.78, 5) is 29.6. The molecule has 24 heavy (non-hydrogen) atoms. The highest BCUT2D eigenvalue weighted by Crippen LogP contribution is 2.39. The second-order valence-corrected chi connectivity index (χ2v) is 9.20. The summed E-state index contributed by atoms with van der Waals surface area (Å²) in [5.41, 5.74) is 8.06. The Morgan fingerprint density at radius 1 is 1.50 bits per heavy atom. The van der Waals surface area contributed by atoms with Crippen molar-refractivity contribution >= 4 is 51.3 Å². The molecule has 0 radical (unpaired) electrons. The number of thiazole rings is 1. The average Bonchev–Trinajstić information content (AvgIpc) is 3.07. The number of aromatic nitrogens is 1. The van der Waals surface area contributed by atoms with Crippen LogP contribution in [-0.2, 0) is 17.6 Å². The molecule has 3 N–H and O–H groups in total. The number of hydrogen-bond donors (Lipinski definition) is 2. The number of nitrogens with two attached hydrogens (primary N) is 1. The molecule has 1 aliphatic carbocycles. The average molecular weight is 382 g/mol. The van der Waals surface area contributed by atoms with Gasteiger partial charge in [-0.2, -0.15) is 0 Å². The number of rotatable bonds is 5. The van der Waals surface area contributed by atoms with Gasteiger partial charge < -0.3 is 11.1 Å². The Kier molecular flexibility index (Phi) is 5.27. The second-order valence-electron chi connectivity index (χ2n) is 6.01. The van der Waals surface area contributed by atoms with Gasteiger partial charge in [-0.3, -0.25) is 9.59 Å². The number of carbonyl (C=O) groups excluding carboxylic acids is 2. The van der Waals surface area contributed by atoms with Crippen LogP contribution in [0.4, 0.5) is 5.00 Å². The highest BCUT2D eigenvalue weighted by atomic mass is 32.2.